The summed E-state index contributed by atoms with van der Waals surface area (Å²) in [6, 6.07) is 7.94. The van der Waals surface area contributed by atoms with Crippen LogP contribution in [0.15, 0.2) is 24.3 Å². The molecule has 1 unspecified atom stereocenters. The summed E-state index contributed by atoms with van der Waals surface area (Å²) in [6.07, 6.45) is 2.69. The van der Waals surface area contributed by atoms with Crippen LogP contribution in [0.3, 0.4) is 0 Å². The number of aryl methyl sites for hydroxylation is 1. The molecule has 0 aliphatic heterocycles. The van der Waals surface area contributed by atoms with Crippen LogP contribution in [0.2, 0.25) is 0 Å². The van der Waals surface area contributed by atoms with Crippen LogP contribution in [0, 0.1) is 0 Å². The molecule has 1 rings (SSSR count). The SMILES string of the molecule is CCc1ccc(C(O)CCCCC(=O)O)cc1. The number of carboxylic acids is 1. The Hall–Kier alpha value is -1.35. The second-order valence-electron chi connectivity index (χ2n) is 4.25. The summed E-state index contributed by atoms with van der Waals surface area (Å²) in [5.41, 5.74) is 2.17. The van der Waals surface area contributed by atoms with E-state index in [1.165, 1.54) is 5.56 Å². The molecule has 0 aliphatic carbocycles. The number of hydrogen-bond acceptors (Lipinski definition) is 2. The van der Waals surface area contributed by atoms with Crippen molar-refractivity contribution in [3.63, 3.8) is 0 Å². The normalized spacial score (nSPS) is 12.4. The minimum atomic E-state index is -0.771. The molecule has 17 heavy (non-hydrogen) atoms. The second-order valence-corrected chi connectivity index (χ2v) is 4.25. The number of hydrogen-bond donors (Lipinski definition) is 2. The van der Waals surface area contributed by atoms with Crippen molar-refractivity contribution in [2.75, 3.05) is 0 Å². The minimum Gasteiger partial charge on any atom is -0.481 e. The lowest BCUT2D eigenvalue weighted by Crippen LogP contribution is -1.99. The van der Waals surface area contributed by atoms with E-state index in [9.17, 15) is 9.90 Å². The van der Waals surface area contributed by atoms with Gasteiger partial charge in [0.05, 0.1) is 6.10 Å². The molecule has 1 aromatic rings. The Morgan fingerprint density at radius 1 is 1.24 bits per heavy atom. The average Bonchev–Trinajstić information content (AvgIpc) is 2.34. The van der Waals surface area contributed by atoms with E-state index in [1.54, 1.807) is 0 Å². The molecular formula is C14H20O3. The van der Waals surface area contributed by atoms with Gasteiger partial charge in [0.25, 0.3) is 0 Å². The first-order valence-electron chi connectivity index (χ1n) is 6.12. The molecule has 0 fully saturated rings. The van der Waals surface area contributed by atoms with Crippen molar-refractivity contribution in [2.24, 2.45) is 0 Å². The van der Waals surface area contributed by atoms with Crippen molar-refractivity contribution < 1.29 is 15.0 Å². The average molecular weight is 236 g/mol. The van der Waals surface area contributed by atoms with Crippen LogP contribution in [0.1, 0.15) is 49.8 Å². The fourth-order valence-corrected chi connectivity index (χ4v) is 1.76. The molecule has 2 N–H and O–H groups in total. The van der Waals surface area contributed by atoms with E-state index < -0.39 is 12.1 Å². The first-order chi connectivity index (χ1) is 8.13. The van der Waals surface area contributed by atoms with Crippen molar-refractivity contribution in [2.45, 2.75) is 45.1 Å². The molecule has 0 saturated carbocycles. The zero-order chi connectivity index (χ0) is 12.7. The third-order valence-corrected chi connectivity index (χ3v) is 2.89. The van der Waals surface area contributed by atoms with Gasteiger partial charge < -0.3 is 10.2 Å². The summed E-state index contributed by atoms with van der Waals surface area (Å²) in [5, 5.41) is 18.4. The maximum absolute atomic E-state index is 10.3. The highest BCUT2D eigenvalue weighted by Gasteiger charge is 2.07. The first-order valence-corrected chi connectivity index (χ1v) is 6.12. The maximum Gasteiger partial charge on any atom is 0.303 e. The molecule has 0 saturated heterocycles. The number of benzene rings is 1. The van der Waals surface area contributed by atoms with Crippen LogP contribution in [-0.2, 0) is 11.2 Å². The Kier molecular flexibility index (Phi) is 5.70. The summed E-state index contributed by atoms with van der Waals surface area (Å²) in [5.74, 6) is -0.771. The molecule has 0 amide bonds. The van der Waals surface area contributed by atoms with Crippen molar-refractivity contribution in [3.8, 4) is 0 Å². The van der Waals surface area contributed by atoms with Gasteiger partial charge in [0.2, 0.25) is 0 Å². The Morgan fingerprint density at radius 3 is 2.41 bits per heavy atom. The molecule has 0 aliphatic rings. The largest absolute Gasteiger partial charge is 0.481 e. The fraction of sp³-hybridized carbons (Fsp3) is 0.500. The summed E-state index contributed by atoms with van der Waals surface area (Å²) in [6.45, 7) is 2.09. The van der Waals surface area contributed by atoms with Gasteiger partial charge in [-0.15, -0.1) is 0 Å². The molecule has 0 bridgehead atoms. The lowest BCUT2D eigenvalue weighted by atomic mass is 10.0. The van der Waals surface area contributed by atoms with E-state index in [4.69, 9.17) is 5.11 Å². The summed E-state index contributed by atoms with van der Waals surface area (Å²) in [7, 11) is 0. The van der Waals surface area contributed by atoms with Gasteiger partial charge in [-0.3, -0.25) is 4.79 Å². The number of carboxylic acid groups (broad SMARTS) is 1. The Morgan fingerprint density at radius 2 is 1.88 bits per heavy atom. The molecule has 0 aromatic heterocycles. The second kappa shape index (κ2) is 7.07. The highest BCUT2D eigenvalue weighted by molar-refractivity contribution is 5.66. The number of aliphatic hydroxyl groups excluding tert-OH is 1. The monoisotopic (exact) mass is 236 g/mol. The Bertz CT molecular complexity index is 343. The standard InChI is InChI=1S/C14H20O3/c1-2-11-7-9-12(10-8-11)13(15)5-3-4-6-14(16)17/h7-10,13,15H,2-6H2,1H3,(H,16,17). The molecule has 94 valence electrons. The quantitative estimate of drug-likeness (QED) is 0.716. The van der Waals surface area contributed by atoms with Crippen molar-refractivity contribution in [1.82, 2.24) is 0 Å². The Balaban J connectivity index is 2.35. The van der Waals surface area contributed by atoms with Gasteiger partial charge in [0.15, 0.2) is 0 Å². The molecule has 3 nitrogen and oxygen atoms in total. The van der Waals surface area contributed by atoms with Crippen LogP contribution in [-0.4, -0.2) is 16.2 Å². The molecule has 1 atom stereocenters. The number of aliphatic hydroxyl groups is 1. The molecule has 1 aromatic carbocycles. The molecule has 0 radical (unpaired) electrons. The zero-order valence-electron chi connectivity index (χ0n) is 10.2. The van der Waals surface area contributed by atoms with Gasteiger partial charge in [0.1, 0.15) is 0 Å². The summed E-state index contributed by atoms with van der Waals surface area (Å²) in [4.78, 5) is 10.3. The maximum atomic E-state index is 10.3. The lowest BCUT2D eigenvalue weighted by Gasteiger charge is -2.11. The van der Waals surface area contributed by atoms with Gasteiger partial charge in [-0.05, 0) is 36.8 Å². The van der Waals surface area contributed by atoms with Crippen molar-refractivity contribution in [3.05, 3.63) is 35.4 Å². The number of aliphatic carboxylic acids is 1. The van der Waals surface area contributed by atoms with E-state index in [-0.39, 0.29) is 6.42 Å². The number of carbonyl (C=O) groups is 1. The van der Waals surface area contributed by atoms with Crippen LogP contribution < -0.4 is 0 Å². The topological polar surface area (TPSA) is 57.5 Å². The lowest BCUT2D eigenvalue weighted by molar-refractivity contribution is -0.137. The van der Waals surface area contributed by atoms with Crippen LogP contribution >= 0.6 is 0 Å². The van der Waals surface area contributed by atoms with E-state index in [2.05, 4.69) is 6.92 Å². The highest BCUT2D eigenvalue weighted by atomic mass is 16.4. The third-order valence-electron chi connectivity index (χ3n) is 2.89. The first kappa shape index (κ1) is 13.7. The third kappa shape index (κ3) is 5.00. The van der Waals surface area contributed by atoms with Gasteiger partial charge >= 0.3 is 5.97 Å². The predicted octanol–water partition coefficient (Wildman–Crippen LogP) is 2.93. The minimum absolute atomic E-state index is 0.182. The summed E-state index contributed by atoms with van der Waals surface area (Å²) >= 11 is 0. The van der Waals surface area contributed by atoms with Gasteiger partial charge in [-0.2, -0.15) is 0 Å². The smallest absolute Gasteiger partial charge is 0.303 e. The van der Waals surface area contributed by atoms with Crippen molar-refractivity contribution in [1.29, 1.82) is 0 Å². The zero-order valence-corrected chi connectivity index (χ0v) is 10.2. The van der Waals surface area contributed by atoms with Crippen LogP contribution in [0.4, 0.5) is 0 Å². The van der Waals surface area contributed by atoms with Crippen molar-refractivity contribution >= 4 is 5.97 Å². The van der Waals surface area contributed by atoms with E-state index in [0.717, 1.165) is 18.4 Å². The van der Waals surface area contributed by atoms with Crippen LogP contribution in [0.25, 0.3) is 0 Å². The number of unbranched alkanes of at least 4 members (excludes halogenated alkanes) is 1. The van der Waals surface area contributed by atoms with E-state index in [0.29, 0.717) is 12.8 Å². The van der Waals surface area contributed by atoms with E-state index in [1.807, 2.05) is 24.3 Å². The summed E-state index contributed by atoms with van der Waals surface area (Å²) < 4.78 is 0. The molecular weight excluding hydrogens is 216 g/mol. The predicted molar refractivity (Wildman–Crippen MR) is 66.9 cm³/mol. The Labute approximate surface area is 102 Å². The molecule has 0 heterocycles. The molecule has 3 heteroatoms. The number of rotatable bonds is 7. The highest BCUT2D eigenvalue weighted by Crippen LogP contribution is 2.20. The molecule has 0 spiro atoms. The van der Waals surface area contributed by atoms with Gasteiger partial charge in [0, 0.05) is 6.42 Å². The van der Waals surface area contributed by atoms with Gasteiger partial charge in [-0.25, -0.2) is 0 Å². The van der Waals surface area contributed by atoms with E-state index >= 15 is 0 Å². The fourth-order valence-electron chi connectivity index (χ4n) is 1.76. The van der Waals surface area contributed by atoms with Crippen LogP contribution in [0.5, 0.6) is 0 Å². The van der Waals surface area contributed by atoms with Gasteiger partial charge in [-0.1, -0.05) is 31.2 Å².